The van der Waals surface area contributed by atoms with Crippen molar-refractivity contribution in [3.8, 4) is 0 Å². The van der Waals surface area contributed by atoms with E-state index in [0.717, 1.165) is 6.07 Å². The van der Waals surface area contributed by atoms with Crippen molar-refractivity contribution in [1.29, 1.82) is 0 Å². The van der Waals surface area contributed by atoms with Crippen molar-refractivity contribution in [3.05, 3.63) is 47.5 Å². The van der Waals surface area contributed by atoms with Crippen LogP contribution < -0.4 is 0 Å². The van der Waals surface area contributed by atoms with Crippen molar-refractivity contribution in [2.24, 2.45) is 0 Å². The number of halogens is 7. The minimum absolute atomic E-state index is 0.116. The molecule has 0 saturated heterocycles. The first-order valence-corrected chi connectivity index (χ1v) is 6.27. The van der Waals surface area contributed by atoms with Crippen LogP contribution in [0.3, 0.4) is 0 Å². The Morgan fingerprint density at radius 3 is 1.87 bits per heavy atom. The minimum atomic E-state index is -6.55. The highest BCUT2D eigenvalue weighted by atomic mass is 19.4. The summed E-state index contributed by atoms with van der Waals surface area (Å²) < 4.78 is 89.8. The Hall–Kier alpha value is -2.12. The molecular formula is C15H9F7O. The third-order valence-corrected chi connectivity index (χ3v) is 3.42. The van der Waals surface area contributed by atoms with Gasteiger partial charge < -0.3 is 0 Å². The van der Waals surface area contributed by atoms with Crippen molar-refractivity contribution < 1.29 is 35.5 Å². The zero-order valence-electron chi connectivity index (χ0n) is 11.5. The highest BCUT2D eigenvalue weighted by Gasteiger charge is 2.76. The lowest BCUT2D eigenvalue weighted by atomic mass is 9.93. The maximum absolute atomic E-state index is 13.6. The van der Waals surface area contributed by atoms with Gasteiger partial charge in [0.15, 0.2) is 0 Å². The van der Waals surface area contributed by atoms with E-state index in [1.807, 2.05) is 0 Å². The molecule has 0 radical (unpaired) electrons. The number of hydrogen-bond donors (Lipinski definition) is 0. The smallest absolute Gasteiger partial charge is 0.287 e. The van der Waals surface area contributed by atoms with Gasteiger partial charge in [0.1, 0.15) is 0 Å². The number of Topliss-reactive ketones (excluding diaryl/α,β-unsaturated/α-hetero) is 1. The van der Waals surface area contributed by atoms with Crippen molar-refractivity contribution in [2.75, 3.05) is 0 Å². The van der Waals surface area contributed by atoms with Gasteiger partial charge in [-0.15, -0.1) is 0 Å². The molecule has 0 atom stereocenters. The van der Waals surface area contributed by atoms with Crippen LogP contribution in [-0.4, -0.2) is 23.8 Å². The van der Waals surface area contributed by atoms with Gasteiger partial charge in [-0.3, -0.25) is 4.79 Å². The topological polar surface area (TPSA) is 17.1 Å². The molecule has 2 aromatic rings. The summed E-state index contributed by atoms with van der Waals surface area (Å²) in [6.07, 6.45) is -6.55. The monoisotopic (exact) mass is 338 g/mol. The van der Waals surface area contributed by atoms with Gasteiger partial charge in [0.05, 0.1) is 0 Å². The zero-order valence-corrected chi connectivity index (χ0v) is 11.5. The molecule has 0 saturated carbocycles. The van der Waals surface area contributed by atoms with Gasteiger partial charge in [-0.1, -0.05) is 36.4 Å². The molecule has 0 N–H and O–H groups in total. The van der Waals surface area contributed by atoms with E-state index in [1.54, 1.807) is 6.92 Å². The van der Waals surface area contributed by atoms with Gasteiger partial charge in [-0.05, 0) is 23.3 Å². The third kappa shape index (κ3) is 2.55. The van der Waals surface area contributed by atoms with Crippen LogP contribution >= 0.6 is 0 Å². The number of carbonyl (C=O) groups excluding carboxylic acids is 1. The molecule has 0 bridgehead atoms. The second-order valence-corrected chi connectivity index (χ2v) is 4.95. The van der Waals surface area contributed by atoms with Crippen molar-refractivity contribution in [2.45, 2.75) is 24.9 Å². The Balaban J connectivity index is 2.64. The Kier molecular flexibility index (Phi) is 3.90. The van der Waals surface area contributed by atoms with Gasteiger partial charge in [0.2, 0.25) is 5.78 Å². The molecule has 2 aromatic carbocycles. The summed E-state index contributed by atoms with van der Waals surface area (Å²) in [6, 6.07) is 7.56. The van der Waals surface area contributed by atoms with Crippen LogP contribution in [0.1, 0.15) is 15.9 Å². The van der Waals surface area contributed by atoms with E-state index in [-0.39, 0.29) is 5.39 Å². The Morgan fingerprint density at radius 1 is 0.826 bits per heavy atom. The number of carbonyl (C=O) groups is 1. The summed E-state index contributed by atoms with van der Waals surface area (Å²) in [4.78, 5) is 11.8. The van der Waals surface area contributed by atoms with E-state index in [2.05, 4.69) is 0 Å². The quantitative estimate of drug-likeness (QED) is 0.558. The molecule has 0 aliphatic rings. The van der Waals surface area contributed by atoms with Gasteiger partial charge in [0, 0.05) is 5.56 Å². The molecule has 124 valence electrons. The predicted molar refractivity (Wildman–Crippen MR) is 69.0 cm³/mol. The van der Waals surface area contributed by atoms with Gasteiger partial charge in [-0.2, -0.15) is 30.7 Å². The number of hydrogen-bond acceptors (Lipinski definition) is 1. The first kappa shape index (κ1) is 17.2. The van der Waals surface area contributed by atoms with Crippen molar-refractivity contribution >= 4 is 16.6 Å². The molecule has 0 amide bonds. The van der Waals surface area contributed by atoms with Crippen LogP contribution in [-0.2, 0) is 0 Å². The van der Waals surface area contributed by atoms with E-state index in [4.69, 9.17) is 0 Å². The van der Waals surface area contributed by atoms with Crippen molar-refractivity contribution in [3.63, 3.8) is 0 Å². The predicted octanol–water partition coefficient (Wildman–Crippen LogP) is 5.16. The maximum atomic E-state index is 13.6. The zero-order chi connectivity index (χ0) is 17.6. The summed E-state index contributed by atoms with van der Waals surface area (Å²) >= 11 is 0. The molecule has 0 heterocycles. The normalized spacial score (nSPS) is 13.4. The van der Waals surface area contributed by atoms with Crippen LogP contribution in [0.15, 0.2) is 36.4 Å². The molecule has 0 aliphatic carbocycles. The number of benzene rings is 2. The molecule has 8 heteroatoms. The van der Waals surface area contributed by atoms with E-state index < -0.39 is 29.4 Å². The van der Waals surface area contributed by atoms with E-state index in [9.17, 15) is 35.5 Å². The number of rotatable bonds is 3. The first-order chi connectivity index (χ1) is 10.4. The summed E-state index contributed by atoms with van der Waals surface area (Å²) in [5.41, 5.74) is -0.330. The molecule has 23 heavy (non-hydrogen) atoms. The maximum Gasteiger partial charge on any atom is 0.460 e. The van der Waals surface area contributed by atoms with Crippen molar-refractivity contribution in [1.82, 2.24) is 0 Å². The Morgan fingerprint density at radius 2 is 1.35 bits per heavy atom. The molecule has 0 spiro atoms. The first-order valence-electron chi connectivity index (χ1n) is 6.27. The summed E-state index contributed by atoms with van der Waals surface area (Å²) in [5.74, 6) is -15.0. The number of alkyl halides is 7. The van der Waals surface area contributed by atoms with Crippen LogP contribution in [0.25, 0.3) is 10.8 Å². The highest BCUT2D eigenvalue weighted by Crippen LogP contribution is 2.48. The fraction of sp³-hybridized carbons (Fsp3) is 0.267. The van der Waals surface area contributed by atoms with E-state index in [0.29, 0.717) is 10.9 Å². The summed E-state index contributed by atoms with van der Waals surface area (Å²) in [5, 5.41) is 0.194. The molecular weight excluding hydrogens is 329 g/mol. The molecule has 0 aromatic heterocycles. The van der Waals surface area contributed by atoms with Crippen LogP contribution in [0.4, 0.5) is 30.7 Å². The van der Waals surface area contributed by atoms with Crippen LogP contribution in [0.5, 0.6) is 0 Å². The molecule has 0 unspecified atom stereocenters. The number of ketones is 1. The van der Waals surface area contributed by atoms with Gasteiger partial charge >= 0.3 is 18.0 Å². The second-order valence-electron chi connectivity index (χ2n) is 4.95. The largest absolute Gasteiger partial charge is 0.460 e. The number of aryl methyl sites for hydroxylation is 1. The van der Waals surface area contributed by atoms with E-state index in [1.165, 1.54) is 30.3 Å². The average molecular weight is 338 g/mol. The molecule has 1 nitrogen and oxygen atoms in total. The van der Waals surface area contributed by atoms with Gasteiger partial charge in [-0.25, -0.2) is 0 Å². The lowest BCUT2D eigenvalue weighted by molar-refractivity contribution is -0.339. The SMILES string of the molecule is Cc1ccc(C(=O)C(F)(F)C(F)(F)C(F)(F)F)c2ccccc12. The molecule has 2 rings (SSSR count). The van der Waals surface area contributed by atoms with E-state index >= 15 is 0 Å². The number of fused-ring (bicyclic) bond motifs is 1. The highest BCUT2D eigenvalue weighted by molar-refractivity contribution is 6.12. The Bertz CT molecular complexity index is 762. The summed E-state index contributed by atoms with van der Waals surface area (Å²) in [7, 11) is 0. The third-order valence-electron chi connectivity index (χ3n) is 3.42. The van der Waals surface area contributed by atoms with Crippen LogP contribution in [0, 0.1) is 6.92 Å². The standard InChI is InChI=1S/C15H9F7O/c1-8-6-7-11(10-5-3-2-4-9(8)10)12(23)13(16,17)14(18,19)15(20,21)22/h2-7H,1H3. The molecule has 0 aliphatic heterocycles. The lowest BCUT2D eigenvalue weighted by Crippen LogP contribution is -2.56. The average Bonchev–Trinajstić information content (AvgIpc) is 2.46. The van der Waals surface area contributed by atoms with Crippen LogP contribution in [0.2, 0.25) is 0 Å². The fourth-order valence-corrected chi connectivity index (χ4v) is 2.14. The second kappa shape index (κ2) is 5.21. The fourth-order valence-electron chi connectivity index (χ4n) is 2.14. The lowest BCUT2D eigenvalue weighted by Gasteiger charge is -2.27. The minimum Gasteiger partial charge on any atom is -0.287 e. The Labute approximate surface area is 125 Å². The molecule has 0 fully saturated rings. The van der Waals surface area contributed by atoms with Gasteiger partial charge in [0.25, 0.3) is 0 Å². The summed E-state index contributed by atoms with van der Waals surface area (Å²) in [6.45, 7) is 1.58.